The Morgan fingerprint density at radius 2 is 1.86 bits per heavy atom. The largest absolute Gasteiger partial charge is 0.335 e. The smallest absolute Gasteiger partial charge is 0.172 e. The van der Waals surface area contributed by atoms with Gasteiger partial charge in [-0.05, 0) is 49.7 Å². The summed E-state index contributed by atoms with van der Waals surface area (Å²) < 4.78 is 7.96. The van der Waals surface area contributed by atoms with Gasteiger partial charge < -0.3 is 4.52 Å². The van der Waals surface area contributed by atoms with Gasteiger partial charge in [0.1, 0.15) is 0 Å². The first-order valence-corrected chi connectivity index (χ1v) is 8.74. The van der Waals surface area contributed by atoms with Crippen LogP contribution >= 0.6 is 28.0 Å². The summed E-state index contributed by atoms with van der Waals surface area (Å²) in [5.74, 6) is -0.582. The third-order valence-electron chi connectivity index (χ3n) is 1.65. The zero-order valence-corrected chi connectivity index (χ0v) is 12.2. The van der Waals surface area contributed by atoms with Gasteiger partial charge in [0.2, 0.25) is 0 Å². The second-order valence-electron chi connectivity index (χ2n) is 3.54. The summed E-state index contributed by atoms with van der Waals surface area (Å²) in [7, 11) is 0. The van der Waals surface area contributed by atoms with Crippen LogP contribution in [0.1, 0.15) is 34.1 Å². The molecular weight excluding hydrogens is 310 g/mol. The van der Waals surface area contributed by atoms with Crippen molar-refractivity contribution in [3.05, 3.63) is 0 Å². The van der Waals surface area contributed by atoms with Crippen molar-refractivity contribution in [3.63, 3.8) is 0 Å². The highest BCUT2D eigenvalue weighted by Crippen LogP contribution is 2.52. The van der Waals surface area contributed by atoms with Crippen LogP contribution in [0.4, 0.5) is 0 Å². The predicted molar refractivity (Wildman–Crippen MR) is 69.2 cm³/mol. The summed E-state index contributed by atoms with van der Waals surface area (Å²) in [6, 6.07) is 3.06. The highest BCUT2D eigenvalue weighted by molar-refractivity contribution is 14.2. The van der Waals surface area contributed by atoms with Crippen molar-refractivity contribution >= 4 is 28.0 Å². The van der Waals surface area contributed by atoms with Crippen LogP contribution in [0, 0.1) is 11.3 Å². The zero-order valence-electron chi connectivity index (χ0n) is 9.20. The van der Waals surface area contributed by atoms with Gasteiger partial charge in [0.05, 0.1) is 19.1 Å². The van der Waals surface area contributed by atoms with Crippen LogP contribution in [0.15, 0.2) is 0 Å². The summed E-state index contributed by atoms with van der Waals surface area (Å²) in [6.45, 7) is 9.22. The lowest BCUT2D eigenvalue weighted by molar-refractivity contribution is 0.268. The normalized spacial score (nSPS) is 13.6. The standard InChI is InChI=1S/C9H18IN2OP/c1-8(2)12(9(3)4)14(10)13-7-5-6-11/h8-9H,5,7H2,1-4H3. The van der Waals surface area contributed by atoms with Gasteiger partial charge in [-0.3, -0.25) is 0 Å². The van der Waals surface area contributed by atoms with Crippen LogP contribution in [0.25, 0.3) is 0 Å². The van der Waals surface area contributed by atoms with E-state index >= 15 is 0 Å². The molecule has 0 amide bonds. The van der Waals surface area contributed by atoms with E-state index in [9.17, 15) is 0 Å². The second-order valence-corrected chi connectivity index (χ2v) is 7.18. The fourth-order valence-corrected chi connectivity index (χ4v) is 5.87. The number of hydrogen-bond acceptors (Lipinski definition) is 3. The average molecular weight is 328 g/mol. The van der Waals surface area contributed by atoms with Crippen LogP contribution in [0.3, 0.4) is 0 Å². The number of rotatable bonds is 6. The molecule has 5 heteroatoms. The lowest BCUT2D eigenvalue weighted by atomic mass is 10.3. The van der Waals surface area contributed by atoms with E-state index in [4.69, 9.17) is 9.79 Å². The molecule has 82 valence electrons. The molecule has 0 aliphatic carbocycles. The minimum atomic E-state index is -0.582. The van der Waals surface area contributed by atoms with E-state index < -0.39 is 5.94 Å². The quantitative estimate of drug-likeness (QED) is 0.424. The van der Waals surface area contributed by atoms with E-state index in [2.05, 4.69) is 60.5 Å². The van der Waals surface area contributed by atoms with Gasteiger partial charge in [0, 0.05) is 12.1 Å². The molecule has 0 aromatic rings. The third-order valence-corrected chi connectivity index (χ3v) is 5.66. The van der Waals surface area contributed by atoms with Crippen LogP contribution in [-0.4, -0.2) is 23.4 Å². The Labute approximate surface area is 101 Å². The SMILES string of the molecule is CC(C)N(C(C)C)P(I)OCCC#N. The number of nitriles is 1. The van der Waals surface area contributed by atoms with E-state index in [-0.39, 0.29) is 0 Å². The first kappa shape index (κ1) is 14.6. The molecule has 0 N–H and O–H groups in total. The molecule has 0 aromatic heterocycles. The van der Waals surface area contributed by atoms with Gasteiger partial charge in [0.15, 0.2) is 5.94 Å². The van der Waals surface area contributed by atoms with Crippen LogP contribution in [-0.2, 0) is 4.52 Å². The van der Waals surface area contributed by atoms with E-state index in [1.54, 1.807) is 0 Å². The van der Waals surface area contributed by atoms with Gasteiger partial charge >= 0.3 is 0 Å². The first-order valence-electron chi connectivity index (χ1n) is 4.74. The number of nitrogens with zero attached hydrogens (tertiary/aromatic N) is 2. The Balaban J connectivity index is 4.03. The fourth-order valence-electron chi connectivity index (χ4n) is 1.19. The Morgan fingerprint density at radius 3 is 2.21 bits per heavy atom. The number of halogens is 1. The first-order chi connectivity index (χ1) is 6.50. The predicted octanol–water partition coefficient (Wildman–Crippen LogP) is 3.70. The van der Waals surface area contributed by atoms with Gasteiger partial charge in [-0.1, -0.05) is 0 Å². The summed E-state index contributed by atoms with van der Waals surface area (Å²) in [5.41, 5.74) is 0. The zero-order chi connectivity index (χ0) is 11.1. The van der Waals surface area contributed by atoms with E-state index in [1.165, 1.54) is 0 Å². The van der Waals surface area contributed by atoms with Crippen LogP contribution < -0.4 is 0 Å². The Morgan fingerprint density at radius 1 is 1.36 bits per heavy atom. The molecule has 0 rings (SSSR count). The Bertz CT molecular complexity index is 186. The summed E-state index contributed by atoms with van der Waals surface area (Å²) in [6.07, 6.45) is 0.478. The van der Waals surface area contributed by atoms with E-state index in [1.807, 2.05) is 0 Å². The van der Waals surface area contributed by atoms with Gasteiger partial charge in [-0.15, -0.1) is 0 Å². The highest BCUT2D eigenvalue weighted by atomic mass is 127. The maximum absolute atomic E-state index is 8.40. The van der Waals surface area contributed by atoms with Crippen molar-refractivity contribution in [1.82, 2.24) is 4.67 Å². The van der Waals surface area contributed by atoms with Gasteiger partial charge in [-0.2, -0.15) is 5.26 Å². The van der Waals surface area contributed by atoms with Crippen molar-refractivity contribution in [2.24, 2.45) is 0 Å². The fraction of sp³-hybridized carbons (Fsp3) is 0.889. The van der Waals surface area contributed by atoms with Crippen molar-refractivity contribution in [3.8, 4) is 6.07 Å². The molecule has 1 atom stereocenters. The molecule has 0 fully saturated rings. The van der Waals surface area contributed by atoms with Crippen molar-refractivity contribution < 1.29 is 4.52 Å². The molecule has 0 aliphatic heterocycles. The minimum Gasteiger partial charge on any atom is -0.335 e. The molecule has 1 unspecified atom stereocenters. The van der Waals surface area contributed by atoms with Crippen molar-refractivity contribution in [1.29, 1.82) is 5.26 Å². The summed E-state index contributed by atoms with van der Waals surface area (Å²) in [5, 5.41) is 8.40. The minimum absolute atomic E-state index is 0.478. The van der Waals surface area contributed by atoms with Crippen LogP contribution in [0.5, 0.6) is 0 Å². The molecule has 0 heterocycles. The second kappa shape index (κ2) is 7.81. The summed E-state index contributed by atoms with van der Waals surface area (Å²) in [4.78, 5) is 0. The Hall–Kier alpha value is 0.570. The van der Waals surface area contributed by atoms with Crippen LogP contribution in [0.2, 0.25) is 0 Å². The number of hydrogen-bond donors (Lipinski definition) is 0. The lowest BCUT2D eigenvalue weighted by Gasteiger charge is -2.33. The van der Waals surface area contributed by atoms with E-state index in [0.717, 1.165) is 0 Å². The summed E-state index contributed by atoms with van der Waals surface area (Å²) >= 11 is 2.33. The lowest BCUT2D eigenvalue weighted by Crippen LogP contribution is -2.31. The highest BCUT2D eigenvalue weighted by Gasteiger charge is 2.22. The van der Waals surface area contributed by atoms with Gasteiger partial charge in [0.25, 0.3) is 0 Å². The maximum atomic E-state index is 8.40. The van der Waals surface area contributed by atoms with Gasteiger partial charge in [-0.25, -0.2) is 4.67 Å². The molecular formula is C9H18IN2OP. The van der Waals surface area contributed by atoms with Crippen molar-refractivity contribution in [2.75, 3.05) is 6.61 Å². The average Bonchev–Trinajstić information content (AvgIpc) is 2.03. The molecule has 0 radical (unpaired) electrons. The molecule has 0 aliphatic rings. The molecule has 0 saturated heterocycles. The van der Waals surface area contributed by atoms with Crippen molar-refractivity contribution in [2.45, 2.75) is 46.2 Å². The molecule has 0 spiro atoms. The molecule has 14 heavy (non-hydrogen) atoms. The Kier molecular flexibility index (Phi) is 8.13. The monoisotopic (exact) mass is 328 g/mol. The molecule has 0 aromatic carbocycles. The third kappa shape index (κ3) is 5.45. The van der Waals surface area contributed by atoms with E-state index in [0.29, 0.717) is 25.1 Å². The molecule has 0 saturated carbocycles. The topological polar surface area (TPSA) is 36.3 Å². The molecule has 0 bridgehead atoms. The molecule has 3 nitrogen and oxygen atoms in total. The maximum Gasteiger partial charge on any atom is 0.172 e.